The largest absolute Gasteiger partial charge is 0.459 e. The van der Waals surface area contributed by atoms with Gasteiger partial charge in [-0.25, -0.2) is 0 Å². The summed E-state index contributed by atoms with van der Waals surface area (Å²) in [6.45, 7) is 3.83. The molecule has 6 nitrogen and oxygen atoms in total. The fraction of sp³-hybridized carbons (Fsp3) is 0.294. The van der Waals surface area contributed by atoms with Crippen LogP contribution in [0.5, 0.6) is 0 Å². The minimum absolute atomic E-state index is 0.0418. The van der Waals surface area contributed by atoms with E-state index < -0.39 is 0 Å². The van der Waals surface area contributed by atoms with Gasteiger partial charge in [-0.15, -0.1) is 0 Å². The smallest absolute Gasteiger partial charge is 0.289 e. The summed E-state index contributed by atoms with van der Waals surface area (Å²) in [7, 11) is 0. The summed E-state index contributed by atoms with van der Waals surface area (Å²) in [4.78, 5) is 28.3. The summed E-state index contributed by atoms with van der Waals surface area (Å²) in [6.07, 6.45) is 1.48. The minimum atomic E-state index is -0.137. The van der Waals surface area contributed by atoms with Gasteiger partial charge in [-0.05, 0) is 36.8 Å². The second-order valence-corrected chi connectivity index (χ2v) is 5.58. The van der Waals surface area contributed by atoms with E-state index >= 15 is 0 Å². The predicted molar refractivity (Wildman–Crippen MR) is 86.1 cm³/mol. The molecule has 0 spiro atoms. The van der Waals surface area contributed by atoms with Gasteiger partial charge in [0.15, 0.2) is 5.76 Å². The van der Waals surface area contributed by atoms with Gasteiger partial charge in [0.25, 0.3) is 11.8 Å². The highest BCUT2D eigenvalue weighted by Gasteiger charge is 2.27. The normalized spacial score (nSPS) is 14.8. The molecule has 1 fully saturated rings. The number of anilines is 1. The van der Waals surface area contributed by atoms with E-state index in [1.54, 1.807) is 40.1 Å². The standard InChI is InChI=1S/C17H19N3O3/c1-12-13(4-2-5-14(12)18)16(21)19-7-9-20(10-8-19)17(22)15-6-3-11-23-15/h2-6,11H,7-10,18H2,1H3. The molecule has 0 bridgehead atoms. The number of rotatable bonds is 2. The Hall–Kier alpha value is -2.76. The topological polar surface area (TPSA) is 79.8 Å². The molecule has 23 heavy (non-hydrogen) atoms. The first kappa shape index (κ1) is 15.1. The van der Waals surface area contributed by atoms with Crippen molar-refractivity contribution in [1.82, 2.24) is 9.80 Å². The van der Waals surface area contributed by atoms with E-state index in [9.17, 15) is 9.59 Å². The first-order valence-corrected chi connectivity index (χ1v) is 7.55. The summed E-state index contributed by atoms with van der Waals surface area (Å²) in [5.74, 6) is 0.151. The van der Waals surface area contributed by atoms with Crippen molar-refractivity contribution >= 4 is 17.5 Å². The van der Waals surface area contributed by atoms with Crippen LogP contribution in [0.2, 0.25) is 0 Å². The highest BCUT2D eigenvalue weighted by Crippen LogP contribution is 2.18. The van der Waals surface area contributed by atoms with Crippen molar-refractivity contribution in [1.29, 1.82) is 0 Å². The Morgan fingerprint density at radius 3 is 2.26 bits per heavy atom. The lowest BCUT2D eigenvalue weighted by molar-refractivity contribution is 0.0518. The molecule has 2 N–H and O–H groups in total. The molecule has 2 aromatic rings. The van der Waals surface area contributed by atoms with Crippen LogP contribution in [0.4, 0.5) is 5.69 Å². The van der Waals surface area contributed by atoms with Crippen molar-refractivity contribution in [2.45, 2.75) is 6.92 Å². The third-order valence-electron chi connectivity index (χ3n) is 4.19. The fourth-order valence-electron chi connectivity index (χ4n) is 2.72. The summed E-state index contributed by atoms with van der Waals surface area (Å²) in [6, 6.07) is 8.69. The Morgan fingerprint density at radius 2 is 1.65 bits per heavy atom. The molecule has 2 heterocycles. The van der Waals surface area contributed by atoms with Gasteiger partial charge in [0.05, 0.1) is 6.26 Å². The molecule has 120 valence electrons. The van der Waals surface area contributed by atoms with Crippen LogP contribution in [0.1, 0.15) is 26.5 Å². The molecule has 0 aliphatic carbocycles. The zero-order valence-corrected chi connectivity index (χ0v) is 13.0. The number of nitrogen functional groups attached to an aromatic ring is 1. The maximum absolute atomic E-state index is 12.6. The minimum Gasteiger partial charge on any atom is -0.459 e. The maximum Gasteiger partial charge on any atom is 0.289 e. The van der Waals surface area contributed by atoms with Crippen LogP contribution in [0.3, 0.4) is 0 Å². The molecule has 0 radical (unpaired) electrons. The van der Waals surface area contributed by atoms with Crippen LogP contribution in [0.15, 0.2) is 41.0 Å². The summed E-state index contributed by atoms with van der Waals surface area (Å²) in [5, 5.41) is 0. The zero-order chi connectivity index (χ0) is 16.4. The molecule has 1 aliphatic heterocycles. The number of hydrogen-bond acceptors (Lipinski definition) is 4. The Kier molecular flexibility index (Phi) is 4.06. The molecule has 1 aromatic carbocycles. The van der Waals surface area contributed by atoms with Gasteiger partial charge in [0.2, 0.25) is 0 Å². The first-order valence-electron chi connectivity index (χ1n) is 7.55. The number of nitrogens with two attached hydrogens (primary N) is 1. The fourth-order valence-corrected chi connectivity index (χ4v) is 2.72. The highest BCUT2D eigenvalue weighted by molar-refractivity contribution is 5.97. The Labute approximate surface area is 134 Å². The van der Waals surface area contributed by atoms with Crippen LogP contribution in [-0.4, -0.2) is 47.8 Å². The Bertz CT molecular complexity index is 717. The molecule has 0 unspecified atom stereocenters. The zero-order valence-electron chi connectivity index (χ0n) is 13.0. The molecule has 3 rings (SSSR count). The highest BCUT2D eigenvalue weighted by atomic mass is 16.3. The Morgan fingerprint density at radius 1 is 1.00 bits per heavy atom. The monoisotopic (exact) mass is 313 g/mol. The van der Waals surface area contributed by atoms with Gasteiger partial charge < -0.3 is 20.0 Å². The summed E-state index contributed by atoms with van der Waals surface area (Å²) >= 11 is 0. The number of carbonyl (C=O) groups is 2. The predicted octanol–water partition coefficient (Wildman–Crippen LogP) is 1.77. The van der Waals surface area contributed by atoms with E-state index in [1.807, 2.05) is 6.92 Å². The molecule has 1 aromatic heterocycles. The van der Waals surface area contributed by atoms with Crippen molar-refractivity contribution in [3.63, 3.8) is 0 Å². The van der Waals surface area contributed by atoms with Crippen LogP contribution >= 0.6 is 0 Å². The van der Waals surface area contributed by atoms with E-state index in [0.717, 1.165) is 5.56 Å². The molecule has 1 aliphatic rings. The van der Waals surface area contributed by atoms with Gasteiger partial charge >= 0.3 is 0 Å². The summed E-state index contributed by atoms with van der Waals surface area (Å²) < 4.78 is 5.14. The molecular weight excluding hydrogens is 294 g/mol. The molecule has 6 heteroatoms. The molecule has 0 atom stereocenters. The van der Waals surface area contributed by atoms with Crippen LogP contribution in [0.25, 0.3) is 0 Å². The van der Waals surface area contributed by atoms with E-state index in [2.05, 4.69) is 0 Å². The first-order chi connectivity index (χ1) is 11.1. The van der Waals surface area contributed by atoms with E-state index in [0.29, 0.717) is 43.2 Å². The maximum atomic E-state index is 12.6. The van der Waals surface area contributed by atoms with Crippen molar-refractivity contribution in [2.75, 3.05) is 31.9 Å². The van der Waals surface area contributed by atoms with E-state index in [4.69, 9.17) is 10.2 Å². The quantitative estimate of drug-likeness (QED) is 0.857. The lowest BCUT2D eigenvalue weighted by atomic mass is 10.1. The SMILES string of the molecule is Cc1c(N)cccc1C(=O)N1CCN(C(=O)c2ccco2)CC1. The van der Waals surface area contributed by atoms with E-state index in [-0.39, 0.29) is 11.8 Å². The number of amides is 2. The summed E-state index contributed by atoms with van der Waals surface area (Å²) in [5.41, 5.74) is 7.90. The third kappa shape index (κ3) is 2.92. The number of nitrogens with zero attached hydrogens (tertiary/aromatic N) is 2. The van der Waals surface area contributed by atoms with Gasteiger partial charge in [0, 0.05) is 37.4 Å². The molecule has 1 saturated heterocycles. The lowest BCUT2D eigenvalue weighted by Crippen LogP contribution is -2.50. The number of benzene rings is 1. The van der Waals surface area contributed by atoms with Crippen LogP contribution in [-0.2, 0) is 0 Å². The van der Waals surface area contributed by atoms with Crippen LogP contribution in [0, 0.1) is 6.92 Å². The molecule has 0 saturated carbocycles. The van der Waals surface area contributed by atoms with Crippen LogP contribution < -0.4 is 5.73 Å². The number of carbonyl (C=O) groups excluding carboxylic acids is 2. The van der Waals surface area contributed by atoms with E-state index in [1.165, 1.54) is 6.26 Å². The number of piperazine rings is 1. The van der Waals surface area contributed by atoms with Gasteiger partial charge in [-0.2, -0.15) is 0 Å². The third-order valence-corrected chi connectivity index (χ3v) is 4.19. The second-order valence-electron chi connectivity index (χ2n) is 5.58. The second kappa shape index (κ2) is 6.16. The van der Waals surface area contributed by atoms with Gasteiger partial charge in [0.1, 0.15) is 0 Å². The van der Waals surface area contributed by atoms with Crippen molar-refractivity contribution < 1.29 is 14.0 Å². The average molecular weight is 313 g/mol. The van der Waals surface area contributed by atoms with Crippen molar-refractivity contribution in [3.8, 4) is 0 Å². The molecular formula is C17H19N3O3. The van der Waals surface area contributed by atoms with Crippen molar-refractivity contribution in [2.24, 2.45) is 0 Å². The van der Waals surface area contributed by atoms with Crippen molar-refractivity contribution in [3.05, 3.63) is 53.5 Å². The lowest BCUT2D eigenvalue weighted by Gasteiger charge is -2.34. The average Bonchev–Trinajstić information content (AvgIpc) is 3.11. The van der Waals surface area contributed by atoms with Gasteiger partial charge in [-0.1, -0.05) is 6.07 Å². The molecule has 2 amide bonds. The number of furan rings is 1. The van der Waals surface area contributed by atoms with Gasteiger partial charge in [-0.3, -0.25) is 9.59 Å². The Balaban J connectivity index is 1.66. The number of hydrogen-bond donors (Lipinski definition) is 1.